The van der Waals surface area contributed by atoms with Crippen molar-refractivity contribution in [2.24, 2.45) is 0 Å². The van der Waals surface area contributed by atoms with Gasteiger partial charge in [0.1, 0.15) is 12.7 Å². The first-order valence-electron chi connectivity index (χ1n) is 22.4. The van der Waals surface area contributed by atoms with Gasteiger partial charge in [-0.2, -0.15) is 0 Å². The van der Waals surface area contributed by atoms with E-state index in [4.69, 9.17) is 23.8 Å². The number of carbonyl (C=O) groups excluding carboxylic acids is 2. The number of phosphoric acid groups is 2. The molecule has 0 fully saturated rings. The van der Waals surface area contributed by atoms with Crippen molar-refractivity contribution < 1.29 is 66.7 Å². The molecule has 14 nitrogen and oxygen atoms in total. The van der Waals surface area contributed by atoms with E-state index in [2.05, 4.69) is 47.2 Å². The number of unbranched alkanes of at least 4 members (excludes halogenated alkanes) is 11. The topological polar surface area (TPSA) is 216 Å². The number of allylic oxidation sites excluding steroid dienone is 12. The second-order valence-corrected chi connectivity index (χ2v) is 17.5. The standard InChI is InChI=1S/C46H78O14P2/c1-3-5-7-9-11-12-13-14-15-16-17-22-25-29-33-37-46(50)60-44(41-59-62(54,55)58-39-43(48)38-57-61(51,52)53)40-56-45(49)36-32-28-24-21-19-18-20-23-27-31-35-42(47)34-30-26-10-8-6-4-2/h6,8,14-15,18-19,23-24,26-28,30-31,35,42-44,47-48H,3-5,7,9-13,16-17,20-22,25,29,32-34,36-41H2,1-2H3,(H,54,55)(H2,51,52,53)/b8-6-,15-14-,19-18-,27-23-,28-24-,30-26-,35-31+/t42?,43-,44+/m0/s1. The Labute approximate surface area is 371 Å². The van der Waals surface area contributed by atoms with E-state index in [1.165, 1.54) is 38.5 Å². The van der Waals surface area contributed by atoms with E-state index < -0.39 is 72.3 Å². The Morgan fingerprint density at radius 2 is 1.10 bits per heavy atom. The Balaban J connectivity index is 4.69. The highest BCUT2D eigenvalue weighted by Crippen LogP contribution is 2.43. The molecule has 0 heterocycles. The van der Waals surface area contributed by atoms with Crippen LogP contribution in [0.3, 0.4) is 0 Å². The summed E-state index contributed by atoms with van der Waals surface area (Å²) in [6.07, 6.45) is 43.3. The summed E-state index contributed by atoms with van der Waals surface area (Å²) in [5.74, 6) is -1.18. The molecule has 0 bridgehead atoms. The maximum absolute atomic E-state index is 12.7. The Kier molecular flexibility index (Phi) is 39.2. The van der Waals surface area contributed by atoms with Gasteiger partial charge >= 0.3 is 27.6 Å². The normalized spacial score (nSPS) is 15.3. The molecule has 0 rings (SSSR count). The molecule has 0 saturated carbocycles. The second-order valence-electron chi connectivity index (χ2n) is 14.8. The average Bonchev–Trinajstić information content (AvgIpc) is 3.23. The number of hydrogen-bond donors (Lipinski definition) is 5. The van der Waals surface area contributed by atoms with Crippen molar-refractivity contribution in [1.82, 2.24) is 0 Å². The minimum atomic E-state index is -4.88. The molecule has 0 aromatic heterocycles. The molecular weight excluding hydrogens is 838 g/mol. The van der Waals surface area contributed by atoms with Crippen LogP contribution in [0.1, 0.15) is 149 Å². The fourth-order valence-corrected chi connectivity index (χ4v) is 6.61. The highest BCUT2D eigenvalue weighted by molar-refractivity contribution is 7.47. The molecule has 62 heavy (non-hydrogen) atoms. The number of ether oxygens (including phenoxy) is 2. The Morgan fingerprint density at radius 3 is 1.76 bits per heavy atom. The van der Waals surface area contributed by atoms with Crippen LogP contribution in [0.25, 0.3) is 0 Å². The lowest BCUT2D eigenvalue weighted by Crippen LogP contribution is -2.29. The molecule has 0 aromatic rings. The van der Waals surface area contributed by atoms with Gasteiger partial charge in [-0.25, -0.2) is 9.13 Å². The number of carbonyl (C=O) groups is 2. The molecule has 0 aliphatic heterocycles. The number of aliphatic hydroxyl groups is 2. The Morgan fingerprint density at radius 1 is 0.548 bits per heavy atom. The summed E-state index contributed by atoms with van der Waals surface area (Å²) < 4.78 is 47.7. The fourth-order valence-electron chi connectivity index (χ4n) is 5.45. The SMILES string of the molecule is CC/C=C\C/C=C\CC(O)/C=C/C=C\C/C=C\C/C=C\CCC(=O)OC[C@H](COP(=O)(O)OC[C@@H](O)COP(=O)(O)O)OC(=O)CCCCCCC/C=C\CCCCCCCC. The molecule has 4 atom stereocenters. The lowest BCUT2D eigenvalue weighted by molar-refractivity contribution is -0.161. The van der Waals surface area contributed by atoms with Crippen molar-refractivity contribution in [2.75, 3.05) is 26.4 Å². The number of aliphatic hydroxyl groups excluding tert-OH is 2. The molecule has 0 saturated heterocycles. The highest BCUT2D eigenvalue weighted by Gasteiger charge is 2.28. The first-order valence-corrected chi connectivity index (χ1v) is 25.4. The minimum Gasteiger partial charge on any atom is -0.462 e. The van der Waals surface area contributed by atoms with Crippen LogP contribution >= 0.6 is 15.6 Å². The molecule has 0 aromatic carbocycles. The van der Waals surface area contributed by atoms with Gasteiger partial charge in [-0.3, -0.25) is 23.2 Å². The predicted octanol–water partition coefficient (Wildman–Crippen LogP) is 10.5. The summed E-state index contributed by atoms with van der Waals surface area (Å²) in [4.78, 5) is 52.7. The van der Waals surface area contributed by atoms with Crippen LogP contribution < -0.4 is 0 Å². The van der Waals surface area contributed by atoms with Crippen LogP contribution in [0.4, 0.5) is 0 Å². The van der Waals surface area contributed by atoms with Crippen LogP contribution in [0.5, 0.6) is 0 Å². The molecule has 356 valence electrons. The van der Waals surface area contributed by atoms with Gasteiger partial charge in [-0.15, -0.1) is 0 Å². The fraction of sp³-hybridized carbons (Fsp3) is 0.652. The maximum atomic E-state index is 12.7. The number of hydrogen-bond acceptors (Lipinski definition) is 11. The minimum absolute atomic E-state index is 0.0411. The summed E-state index contributed by atoms with van der Waals surface area (Å²) in [5, 5.41) is 19.7. The van der Waals surface area contributed by atoms with Gasteiger partial charge in [0.05, 0.1) is 25.9 Å². The lowest BCUT2D eigenvalue weighted by atomic mass is 10.1. The number of phosphoric ester groups is 2. The quantitative estimate of drug-likeness (QED) is 0.0127. The van der Waals surface area contributed by atoms with Crippen LogP contribution in [-0.4, -0.2) is 81.6 Å². The van der Waals surface area contributed by atoms with Crippen molar-refractivity contribution in [2.45, 2.75) is 167 Å². The Hall–Kier alpha value is -2.74. The van der Waals surface area contributed by atoms with Crippen molar-refractivity contribution in [3.05, 3.63) is 85.1 Å². The van der Waals surface area contributed by atoms with E-state index in [9.17, 15) is 33.8 Å². The van der Waals surface area contributed by atoms with Crippen LogP contribution in [-0.2, 0) is 41.8 Å². The van der Waals surface area contributed by atoms with Crippen LogP contribution in [0, 0.1) is 0 Å². The van der Waals surface area contributed by atoms with Crippen LogP contribution in [0.2, 0.25) is 0 Å². The molecular formula is C46H78O14P2. The second kappa shape index (κ2) is 41.0. The molecule has 0 radical (unpaired) electrons. The van der Waals surface area contributed by atoms with Crippen molar-refractivity contribution in [1.29, 1.82) is 0 Å². The van der Waals surface area contributed by atoms with Gasteiger partial charge in [0.15, 0.2) is 6.10 Å². The maximum Gasteiger partial charge on any atom is 0.472 e. The molecule has 0 spiro atoms. The predicted molar refractivity (Wildman–Crippen MR) is 245 cm³/mol. The van der Waals surface area contributed by atoms with E-state index in [-0.39, 0.29) is 12.8 Å². The van der Waals surface area contributed by atoms with Gasteiger partial charge in [-0.05, 0) is 70.6 Å². The molecule has 0 amide bonds. The Bertz CT molecular complexity index is 1430. The van der Waals surface area contributed by atoms with E-state index in [1.807, 2.05) is 54.7 Å². The molecule has 0 aliphatic carbocycles. The van der Waals surface area contributed by atoms with Gasteiger partial charge in [-0.1, -0.05) is 150 Å². The van der Waals surface area contributed by atoms with Crippen molar-refractivity contribution in [3.8, 4) is 0 Å². The molecule has 2 unspecified atom stereocenters. The molecule has 5 N–H and O–H groups in total. The average molecular weight is 917 g/mol. The molecule has 16 heteroatoms. The third-order valence-electron chi connectivity index (χ3n) is 8.85. The lowest BCUT2D eigenvalue weighted by Gasteiger charge is -2.20. The zero-order chi connectivity index (χ0) is 46.0. The first-order chi connectivity index (χ1) is 29.8. The van der Waals surface area contributed by atoms with E-state index >= 15 is 0 Å². The highest BCUT2D eigenvalue weighted by atomic mass is 31.2. The van der Waals surface area contributed by atoms with Crippen molar-refractivity contribution in [3.63, 3.8) is 0 Å². The summed E-state index contributed by atoms with van der Waals surface area (Å²) in [6.45, 7) is 1.46. The number of rotatable bonds is 41. The van der Waals surface area contributed by atoms with E-state index in [1.54, 1.807) is 6.08 Å². The largest absolute Gasteiger partial charge is 0.472 e. The third kappa shape index (κ3) is 43.9. The molecule has 0 aliphatic rings. The summed E-state index contributed by atoms with van der Waals surface area (Å²) in [5.41, 5.74) is 0. The number of esters is 2. The van der Waals surface area contributed by atoms with Gasteiger partial charge in [0, 0.05) is 12.8 Å². The third-order valence-corrected chi connectivity index (χ3v) is 10.3. The van der Waals surface area contributed by atoms with Gasteiger partial charge in [0.2, 0.25) is 0 Å². The zero-order valence-corrected chi connectivity index (χ0v) is 39.1. The smallest absolute Gasteiger partial charge is 0.462 e. The van der Waals surface area contributed by atoms with E-state index in [0.717, 1.165) is 57.8 Å². The summed E-state index contributed by atoms with van der Waals surface area (Å²) in [6, 6.07) is 0. The van der Waals surface area contributed by atoms with Gasteiger partial charge in [0.25, 0.3) is 0 Å². The summed E-state index contributed by atoms with van der Waals surface area (Å²) in [7, 11) is -9.72. The van der Waals surface area contributed by atoms with Gasteiger partial charge < -0.3 is 34.4 Å². The van der Waals surface area contributed by atoms with E-state index in [0.29, 0.717) is 25.7 Å². The zero-order valence-electron chi connectivity index (χ0n) is 37.3. The van der Waals surface area contributed by atoms with Crippen LogP contribution in [0.15, 0.2) is 85.1 Å². The van der Waals surface area contributed by atoms with Crippen molar-refractivity contribution >= 4 is 27.6 Å². The first kappa shape index (κ1) is 59.3. The summed E-state index contributed by atoms with van der Waals surface area (Å²) >= 11 is 0. The monoisotopic (exact) mass is 916 g/mol.